The third-order valence-electron chi connectivity index (χ3n) is 3.94. The van der Waals surface area contributed by atoms with Crippen molar-refractivity contribution in [1.29, 1.82) is 0 Å². The highest BCUT2D eigenvalue weighted by Gasteiger charge is 2.33. The number of halogens is 1. The Balaban J connectivity index is 1.88. The second-order valence-electron chi connectivity index (χ2n) is 5.52. The summed E-state index contributed by atoms with van der Waals surface area (Å²) < 4.78 is 3.40. The molecule has 0 radical (unpaired) electrons. The van der Waals surface area contributed by atoms with E-state index in [4.69, 9.17) is 0 Å². The van der Waals surface area contributed by atoms with Gasteiger partial charge in [-0.3, -0.25) is 0 Å². The van der Waals surface area contributed by atoms with Gasteiger partial charge >= 0.3 is 0 Å². The molecule has 1 aliphatic heterocycles. The average Bonchev–Trinajstić information content (AvgIpc) is 2.99. The van der Waals surface area contributed by atoms with Crippen molar-refractivity contribution in [2.75, 3.05) is 13.1 Å². The van der Waals surface area contributed by atoms with E-state index in [1.807, 2.05) is 12.5 Å². The molecule has 0 bridgehead atoms. The maximum Gasteiger partial charge on any atom is 0.0951 e. The molecule has 100 valence electrons. The van der Waals surface area contributed by atoms with Crippen LogP contribution in [0, 0.1) is 0 Å². The van der Waals surface area contributed by atoms with Gasteiger partial charge in [0.05, 0.1) is 6.33 Å². The third-order valence-corrected chi connectivity index (χ3v) is 4.43. The quantitative estimate of drug-likeness (QED) is 0.942. The minimum atomic E-state index is 0.211. The summed E-state index contributed by atoms with van der Waals surface area (Å²) in [6, 6.07) is 8.46. The average molecular weight is 320 g/mol. The normalized spacial score (nSPS) is 22.8. The Morgan fingerprint density at radius 3 is 3.11 bits per heavy atom. The predicted molar refractivity (Wildman–Crippen MR) is 80.3 cm³/mol. The van der Waals surface area contributed by atoms with Crippen molar-refractivity contribution in [2.24, 2.45) is 0 Å². The Morgan fingerprint density at radius 2 is 2.37 bits per heavy atom. The monoisotopic (exact) mass is 319 g/mol. The van der Waals surface area contributed by atoms with Gasteiger partial charge in [0.15, 0.2) is 0 Å². The standard InChI is InChI=1S/C15H18BrN3/c1-15(5-6-17-10-15)14-8-18-11-19(14)9-12-3-2-4-13(16)7-12/h2-4,7-8,11,17H,5-6,9-10H2,1H3. The minimum absolute atomic E-state index is 0.211. The van der Waals surface area contributed by atoms with Gasteiger partial charge in [0.1, 0.15) is 0 Å². The highest BCUT2D eigenvalue weighted by atomic mass is 79.9. The first-order chi connectivity index (χ1) is 9.17. The van der Waals surface area contributed by atoms with Gasteiger partial charge in [0.25, 0.3) is 0 Å². The van der Waals surface area contributed by atoms with E-state index in [2.05, 4.69) is 62.0 Å². The van der Waals surface area contributed by atoms with Crippen LogP contribution < -0.4 is 5.32 Å². The lowest BCUT2D eigenvalue weighted by molar-refractivity contribution is 0.481. The van der Waals surface area contributed by atoms with Gasteiger partial charge in [-0.05, 0) is 30.7 Å². The number of benzene rings is 1. The van der Waals surface area contributed by atoms with Crippen molar-refractivity contribution < 1.29 is 0 Å². The summed E-state index contributed by atoms with van der Waals surface area (Å²) in [6.07, 6.45) is 5.14. The van der Waals surface area contributed by atoms with Crippen molar-refractivity contribution in [1.82, 2.24) is 14.9 Å². The lowest BCUT2D eigenvalue weighted by Crippen LogP contribution is -2.28. The van der Waals surface area contributed by atoms with Crippen molar-refractivity contribution in [3.05, 3.63) is 52.5 Å². The summed E-state index contributed by atoms with van der Waals surface area (Å²) in [5.41, 5.74) is 2.84. The zero-order valence-electron chi connectivity index (χ0n) is 11.1. The van der Waals surface area contributed by atoms with E-state index in [0.29, 0.717) is 0 Å². The highest BCUT2D eigenvalue weighted by Crippen LogP contribution is 2.30. The zero-order valence-corrected chi connectivity index (χ0v) is 12.7. The molecule has 3 nitrogen and oxygen atoms in total. The Bertz CT molecular complexity index is 570. The summed E-state index contributed by atoms with van der Waals surface area (Å²) in [5, 5.41) is 3.45. The molecule has 1 aromatic heterocycles. The number of nitrogens with zero attached hydrogens (tertiary/aromatic N) is 2. The molecule has 19 heavy (non-hydrogen) atoms. The fourth-order valence-electron chi connectivity index (χ4n) is 2.82. The van der Waals surface area contributed by atoms with Crippen molar-refractivity contribution in [3.8, 4) is 0 Å². The molecule has 1 atom stereocenters. The molecule has 1 unspecified atom stereocenters. The third kappa shape index (κ3) is 2.60. The molecule has 1 saturated heterocycles. The molecule has 2 heterocycles. The molecule has 1 N–H and O–H groups in total. The zero-order chi connectivity index (χ0) is 13.3. The molecular weight excluding hydrogens is 302 g/mol. The van der Waals surface area contributed by atoms with Gasteiger partial charge in [0.2, 0.25) is 0 Å². The second-order valence-corrected chi connectivity index (χ2v) is 6.44. The maximum atomic E-state index is 4.35. The van der Waals surface area contributed by atoms with Crippen LogP contribution >= 0.6 is 15.9 Å². The first kappa shape index (κ1) is 12.9. The van der Waals surface area contributed by atoms with Crippen molar-refractivity contribution in [3.63, 3.8) is 0 Å². The summed E-state index contributed by atoms with van der Waals surface area (Å²) in [6.45, 7) is 5.33. The van der Waals surface area contributed by atoms with Crippen LogP contribution in [0.2, 0.25) is 0 Å². The number of rotatable bonds is 3. The Hall–Kier alpha value is -1.13. The molecule has 1 aromatic carbocycles. The summed E-state index contributed by atoms with van der Waals surface area (Å²) in [5.74, 6) is 0. The lowest BCUT2D eigenvalue weighted by Gasteiger charge is -2.24. The molecule has 0 spiro atoms. The SMILES string of the molecule is CC1(c2cncn2Cc2cccc(Br)c2)CCNC1. The van der Waals surface area contributed by atoms with Crippen LogP contribution in [0.5, 0.6) is 0 Å². The lowest BCUT2D eigenvalue weighted by atomic mass is 9.86. The first-order valence-corrected chi connectivity index (χ1v) is 7.42. The smallest absolute Gasteiger partial charge is 0.0951 e. The van der Waals surface area contributed by atoms with Crippen molar-refractivity contribution in [2.45, 2.75) is 25.3 Å². The number of hydrogen-bond acceptors (Lipinski definition) is 2. The van der Waals surface area contributed by atoms with Crippen LogP contribution in [-0.2, 0) is 12.0 Å². The predicted octanol–water partition coefficient (Wildman–Crippen LogP) is 2.94. The second kappa shape index (κ2) is 5.10. The largest absolute Gasteiger partial charge is 0.330 e. The number of aromatic nitrogens is 2. The maximum absolute atomic E-state index is 4.35. The molecule has 2 aromatic rings. The number of hydrogen-bond donors (Lipinski definition) is 1. The van der Waals surface area contributed by atoms with Crippen LogP contribution in [0.25, 0.3) is 0 Å². The van der Waals surface area contributed by atoms with E-state index < -0.39 is 0 Å². The van der Waals surface area contributed by atoms with Gasteiger partial charge in [-0.2, -0.15) is 0 Å². The summed E-state index contributed by atoms with van der Waals surface area (Å²) >= 11 is 3.53. The van der Waals surface area contributed by atoms with Crippen molar-refractivity contribution >= 4 is 15.9 Å². The van der Waals surface area contributed by atoms with Crippen LogP contribution in [-0.4, -0.2) is 22.6 Å². The van der Waals surface area contributed by atoms with E-state index in [1.165, 1.54) is 17.7 Å². The Labute approximate surface area is 122 Å². The molecule has 0 saturated carbocycles. The highest BCUT2D eigenvalue weighted by molar-refractivity contribution is 9.10. The topological polar surface area (TPSA) is 29.9 Å². The molecule has 4 heteroatoms. The fraction of sp³-hybridized carbons (Fsp3) is 0.400. The first-order valence-electron chi connectivity index (χ1n) is 6.63. The summed E-state index contributed by atoms with van der Waals surface area (Å²) in [4.78, 5) is 4.35. The van der Waals surface area contributed by atoms with Gasteiger partial charge in [-0.15, -0.1) is 0 Å². The van der Waals surface area contributed by atoms with Crippen LogP contribution in [0.1, 0.15) is 24.6 Å². The Kier molecular flexibility index (Phi) is 3.46. The molecule has 3 rings (SSSR count). The minimum Gasteiger partial charge on any atom is -0.330 e. The Morgan fingerprint density at radius 1 is 1.47 bits per heavy atom. The van der Waals surface area contributed by atoms with Gasteiger partial charge < -0.3 is 9.88 Å². The van der Waals surface area contributed by atoms with E-state index >= 15 is 0 Å². The van der Waals surface area contributed by atoms with Gasteiger partial charge in [-0.25, -0.2) is 4.98 Å². The molecule has 0 aliphatic carbocycles. The van der Waals surface area contributed by atoms with E-state index in [9.17, 15) is 0 Å². The van der Waals surface area contributed by atoms with E-state index in [0.717, 1.165) is 24.1 Å². The van der Waals surface area contributed by atoms with Crippen LogP contribution in [0.3, 0.4) is 0 Å². The summed E-state index contributed by atoms with van der Waals surface area (Å²) in [7, 11) is 0. The van der Waals surface area contributed by atoms with Crippen LogP contribution in [0.15, 0.2) is 41.3 Å². The van der Waals surface area contributed by atoms with Crippen LogP contribution in [0.4, 0.5) is 0 Å². The number of imidazole rings is 1. The fourth-order valence-corrected chi connectivity index (χ4v) is 3.26. The van der Waals surface area contributed by atoms with E-state index in [-0.39, 0.29) is 5.41 Å². The molecule has 1 aliphatic rings. The molecule has 0 amide bonds. The molecule has 1 fully saturated rings. The molecular formula is C15H18BrN3. The number of nitrogens with one attached hydrogen (secondary N) is 1. The van der Waals surface area contributed by atoms with Gasteiger partial charge in [0, 0.05) is 34.9 Å². The van der Waals surface area contributed by atoms with Gasteiger partial charge in [-0.1, -0.05) is 35.0 Å². The van der Waals surface area contributed by atoms with E-state index in [1.54, 1.807) is 0 Å².